The van der Waals surface area contributed by atoms with Gasteiger partial charge in [0, 0.05) is 19.0 Å². The van der Waals surface area contributed by atoms with Crippen molar-refractivity contribution in [1.82, 2.24) is 5.32 Å². The first-order chi connectivity index (χ1) is 9.64. The van der Waals surface area contributed by atoms with Crippen LogP contribution in [0.15, 0.2) is 18.2 Å². The SMILES string of the molecule is CCC(CN)NC(=O)CCc1ccc(OC)c(OC)c1. The molecule has 0 aromatic heterocycles. The summed E-state index contributed by atoms with van der Waals surface area (Å²) in [6.45, 7) is 2.48. The Bertz CT molecular complexity index is 431. The molecule has 1 amide bonds. The number of methoxy groups -OCH3 is 2. The van der Waals surface area contributed by atoms with E-state index in [-0.39, 0.29) is 11.9 Å². The van der Waals surface area contributed by atoms with Crippen LogP contribution >= 0.6 is 0 Å². The van der Waals surface area contributed by atoms with Gasteiger partial charge in [-0.1, -0.05) is 13.0 Å². The van der Waals surface area contributed by atoms with Crippen LogP contribution in [0.3, 0.4) is 0 Å². The van der Waals surface area contributed by atoms with Gasteiger partial charge in [-0.2, -0.15) is 0 Å². The zero-order chi connectivity index (χ0) is 15.0. The van der Waals surface area contributed by atoms with Gasteiger partial charge >= 0.3 is 0 Å². The Labute approximate surface area is 120 Å². The molecule has 0 aliphatic heterocycles. The molecule has 0 saturated carbocycles. The molecule has 3 N–H and O–H groups in total. The third kappa shape index (κ3) is 4.74. The second kappa shape index (κ2) is 8.43. The maximum Gasteiger partial charge on any atom is 0.220 e. The summed E-state index contributed by atoms with van der Waals surface area (Å²) in [7, 11) is 3.20. The Morgan fingerprint density at radius 2 is 2.00 bits per heavy atom. The highest BCUT2D eigenvalue weighted by Gasteiger charge is 2.10. The van der Waals surface area contributed by atoms with Crippen LogP contribution < -0.4 is 20.5 Å². The van der Waals surface area contributed by atoms with Crippen LogP contribution in [0.2, 0.25) is 0 Å². The first kappa shape index (κ1) is 16.3. The van der Waals surface area contributed by atoms with E-state index in [2.05, 4.69) is 5.32 Å². The van der Waals surface area contributed by atoms with Crippen LogP contribution in [0.4, 0.5) is 0 Å². The number of aryl methyl sites for hydroxylation is 1. The molecule has 0 fully saturated rings. The largest absolute Gasteiger partial charge is 0.493 e. The highest BCUT2D eigenvalue weighted by atomic mass is 16.5. The molecule has 1 rings (SSSR count). The number of rotatable bonds is 8. The molecule has 0 bridgehead atoms. The quantitative estimate of drug-likeness (QED) is 0.756. The maximum absolute atomic E-state index is 11.8. The summed E-state index contributed by atoms with van der Waals surface area (Å²) in [5.74, 6) is 1.39. The highest BCUT2D eigenvalue weighted by molar-refractivity contribution is 5.76. The number of carbonyl (C=O) groups excluding carboxylic acids is 1. The number of nitrogens with one attached hydrogen (secondary N) is 1. The molecule has 5 heteroatoms. The Kier molecular flexibility index (Phi) is 6.87. The van der Waals surface area contributed by atoms with Crippen molar-refractivity contribution in [2.45, 2.75) is 32.2 Å². The van der Waals surface area contributed by atoms with Crippen molar-refractivity contribution in [3.05, 3.63) is 23.8 Å². The minimum atomic E-state index is 0.0251. The Morgan fingerprint density at radius 1 is 1.30 bits per heavy atom. The second-order valence-corrected chi connectivity index (χ2v) is 4.60. The summed E-state index contributed by atoms with van der Waals surface area (Å²) >= 11 is 0. The molecule has 0 heterocycles. The Morgan fingerprint density at radius 3 is 2.55 bits per heavy atom. The summed E-state index contributed by atoms with van der Waals surface area (Å²) in [6.07, 6.45) is 1.94. The van der Waals surface area contributed by atoms with Crippen molar-refractivity contribution in [2.24, 2.45) is 5.73 Å². The van der Waals surface area contributed by atoms with Crippen LogP contribution in [0, 0.1) is 0 Å². The molecule has 0 saturated heterocycles. The van der Waals surface area contributed by atoms with Gasteiger partial charge in [-0.3, -0.25) is 4.79 Å². The van der Waals surface area contributed by atoms with Crippen molar-refractivity contribution >= 4 is 5.91 Å². The zero-order valence-corrected chi connectivity index (χ0v) is 12.4. The predicted octanol–water partition coefficient (Wildman–Crippen LogP) is 1.49. The molecule has 1 unspecified atom stereocenters. The number of hydrogen-bond acceptors (Lipinski definition) is 4. The molecule has 0 aliphatic rings. The van der Waals surface area contributed by atoms with Gasteiger partial charge in [-0.25, -0.2) is 0 Å². The van der Waals surface area contributed by atoms with Crippen molar-refractivity contribution in [3.63, 3.8) is 0 Å². The zero-order valence-electron chi connectivity index (χ0n) is 12.4. The van der Waals surface area contributed by atoms with Crippen LogP contribution in [0.5, 0.6) is 11.5 Å². The van der Waals surface area contributed by atoms with E-state index in [0.29, 0.717) is 30.9 Å². The van der Waals surface area contributed by atoms with Gasteiger partial charge in [-0.05, 0) is 30.5 Å². The van der Waals surface area contributed by atoms with Gasteiger partial charge in [0.05, 0.1) is 14.2 Å². The van der Waals surface area contributed by atoms with E-state index in [9.17, 15) is 4.79 Å². The monoisotopic (exact) mass is 280 g/mol. The van der Waals surface area contributed by atoms with Crippen LogP contribution in [0.25, 0.3) is 0 Å². The lowest BCUT2D eigenvalue weighted by molar-refractivity contribution is -0.121. The molecule has 0 aliphatic carbocycles. The average Bonchev–Trinajstić information content (AvgIpc) is 2.50. The van der Waals surface area contributed by atoms with E-state index in [4.69, 9.17) is 15.2 Å². The lowest BCUT2D eigenvalue weighted by Crippen LogP contribution is -2.39. The molecule has 1 aromatic carbocycles. The first-order valence-electron chi connectivity index (χ1n) is 6.84. The van der Waals surface area contributed by atoms with Crippen LogP contribution in [0.1, 0.15) is 25.3 Å². The highest BCUT2D eigenvalue weighted by Crippen LogP contribution is 2.27. The van der Waals surface area contributed by atoms with Gasteiger partial charge in [0.1, 0.15) is 0 Å². The van der Waals surface area contributed by atoms with Gasteiger partial charge in [0.25, 0.3) is 0 Å². The van der Waals surface area contributed by atoms with Gasteiger partial charge < -0.3 is 20.5 Å². The topological polar surface area (TPSA) is 73.6 Å². The number of benzene rings is 1. The van der Waals surface area contributed by atoms with E-state index < -0.39 is 0 Å². The number of amides is 1. The molecule has 20 heavy (non-hydrogen) atoms. The summed E-state index contributed by atoms with van der Waals surface area (Å²) in [5.41, 5.74) is 6.60. The Hall–Kier alpha value is -1.75. The van der Waals surface area contributed by atoms with Crippen molar-refractivity contribution < 1.29 is 14.3 Å². The number of ether oxygens (including phenoxy) is 2. The average molecular weight is 280 g/mol. The molecule has 1 aromatic rings. The van der Waals surface area contributed by atoms with E-state index >= 15 is 0 Å². The van der Waals surface area contributed by atoms with Gasteiger partial charge in [-0.15, -0.1) is 0 Å². The van der Waals surface area contributed by atoms with Gasteiger partial charge in [0.2, 0.25) is 5.91 Å². The fraction of sp³-hybridized carbons (Fsp3) is 0.533. The van der Waals surface area contributed by atoms with E-state index in [1.165, 1.54) is 0 Å². The minimum Gasteiger partial charge on any atom is -0.493 e. The number of hydrogen-bond donors (Lipinski definition) is 2. The standard InChI is InChI=1S/C15H24N2O3/c1-4-12(10-16)17-15(18)8-6-11-5-7-13(19-2)14(9-11)20-3/h5,7,9,12H,4,6,8,10,16H2,1-3H3,(H,17,18). The lowest BCUT2D eigenvalue weighted by Gasteiger charge is -2.14. The molecule has 5 nitrogen and oxygen atoms in total. The fourth-order valence-corrected chi connectivity index (χ4v) is 1.92. The Balaban J connectivity index is 2.55. The number of nitrogens with two attached hydrogens (primary N) is 1. The van der Waals surface area contributed by atoms with E-state index in [1.54, 1.807) is 14.2 Å². The minimum absolute atomic E-state index is 0.0251. The van der Waals surface area contributed by atoms with Crippen molar-refractivity contribution in [2.75, 3.05) is 20.8 Å². The molecular formula is C15H24N2O3. The van der Waals surface area contributed by atoms with Gasteiger partial charge in [0.15, 0.2) is 11.5 Å². The smallest absolute Gasteiger partial charge is 0.220 e. The maximum atomic E-state index is 11.8. The number of carbonyl (C=O) groups is 1. The fourth-order valence-electron chi connectivity index (χ4n) is 1.92. The molecule has 0 radical (unpaired) electrons. The summed E-state index contributed by atoms with van der Waals surface area (Å²) in [5, 5.41) is 2.92. The molecule has 1 atom stereocenters. The molecular weight excluding hydrogens is 256 g/mol. The first-order valence-corrected chi connectivity index (χ1v) is 6.84. The lowest BCUT2D eigenvalue weighted by atomic mass is 10.1. The van der Waals surface area contributed by atoms with Crippen LogP contribution in [-0.4, -0.2) is 32.7 Å². The van der Waals surface area contributed by atoms with Crippen molar-refractivity contribution in [3.8, 4) is 11.5 Å². The third-order valence-electron chi connectivity index (χ3n) is 3.23. The molecule has 112 valence electrons. The normalized spacial score (nSPS) is 11.8. The van der Waals surface area contributed by atoms with E-state index in [0.717, 1.165) is 12.0 Å². The summed E-state index contributed by atoms with van der Waals surface area (Å²) < 4.78 is 10.4. The van der Waals surface area contributed by atoms with E-state index in [1.807, 2.05) is 25.1 Å². The second-order valence-electron chi connectivity index (χ2n) is 4.60. The van der Waals surface area contributed by atoms with Crippen molar-refractivity contribution in [1.29, 1.82) is 0 Å². The van der Waals surface area contributed by atoms with Crippen LogP contribution in [-0.2, 0) is 11.2 Å². The summed E-state index contributed by atoms with van der Waals surface area (Å²) in [6, 6.07) is 5.75. The molecule has 0 spiro atoms. The summed E-state index contributed by atoms with van der Waals surface area (Å²) in [4.78, 5) is 11.8. The predicted molar refractivity (Wildman–Crippen MR) is 79.1 cm³/mol. The third-order valence-corrected chi connectivity index (χ3v) is 3.23.